The van der Waals surface area contributed by atoms with E-state index in [0.717, 1.165) is 75.9 Å². The average molecular weight is 530 g/mol. The first-order valence-electron chi connectivity index (χ1n) is 13.4. The van der Waals surface area contributed by atoms with Crippen molar-refractivity contribution in [2.75, 3.05) is 18.4 Å². The number of carbonyl (C=O) groups is 1. The molecule has 10 nitrogen and oxygen atoms in total. The first-order chi connectivity index (χ1) is 19.7. The van der Waals surface area contributed by atoms with Gasteiger partial charge < -0.3 is 15.6 Å². The Morgan fingerprint density at radius 2 is 1.70 bits per heavy atom. The molecular weight excluding hydrogens is 502 g/mol. The van der Waals surface area contributed by atoms with Gasteiger partial charge in [-0.05, 0) is 67.7 Å². The van der Waals surface area contributed by atoms with Crippen LogP contribution in [0.2, 0.25) is 0 Å². The minimum Gasteiger partial charge on any atom is -0.352 e. The van der Waals surface area contributed by atoms with Gasteiger partial charge >= 0.3 is 0 Å². The van der Waals surface area contributed by atoms with E-state index in [1.807, 2.05) is 36.7 Å². The van der Waals surface area contributed by atoms with Crippen molar-refractivity contribution >= 4 is 33.5 Å². The monoisotopic (exact) mass is 529 g/mol. The van der Waals surface area contributed by atoms with Crippen LogP contribution in [0.1, 0.15) is 19.3 Å². The summed E-state index contributed by atoms with van der Waals surface area (Å²) in [5.74, 6) is 0.445. The van der Waals surface area contributed by atoms with Crippen LogP contribution in [0, 0.1) is 5.92 Å². The van der Waals surface area contributed by atoms with Crippen LogP contribution in [0.15, 0.2) is 73.7 Å². The highest BCUT2D eigenvalue weighted by Crippen LogP contribution is 2.34. The van der Waals surface area contributed by atoms with Crippen LogP contribution >= 0.6 is 0 Å². The van der Waals surface area contributed by atoms with Crippen LogP contribution in [-0.2, 0) is 4.79 Å². The molecule has 1 aliphatic heterocycles. The predicted molar refractivity (Wildman–Crippen MR) is 154 cm³/mol. The molecule has 10 heteroatoms. The topological polar surface area (TPSA) is 137 Å². The highest BCUT2D eigenvalue weighted by atomic mass is 16.1. The zero-order chi connectivity index (χ0) is 26.9. The summed E-state index contributed by atoms with van der Waals surface area (Å²) in [6, 6.07) is 10.0. The number of hydrogen-bond donors (Lipinski definition) is 4. The summed E-state index contributed by atoms with van der Waals surface area (Å²) in [6.45, 7) is 1.95. The van der Waals surface area contributed by atoms with Gasteiger partial charge in [0, 0.05) is 64.9 Å². The van der Waals surface area contributed by atoms with Crippen molar-refractivity contribution in [1.29, 1.82) is 0 Å². The fourth-order valence-electron chi connectivity index (χ4n) is 5.44. The Bertz CT molecular complexity index is 1820. The second-order valence-electron chi connectivity index (χ2n) is 10.2. The summed E-state index contributed by atoms with van der Waals surface area (Å²) >= 11 is 0. The lowest BCUT2D eigenvalue weighted by molar-refractivity contribution is -0.117. The van der Waals surface area contributed by atoms with Crippen molar-refractivity contribution in [3.05, 3.63) is 73.7 Å². The van der Waals surface area contributed by atoms with E-state index < -0.39 is 0 Å². The van der Waals surface area contributed by atoms with Crippen molar-refractivity contribution in [3.63, 3.8) is 0 Å². The van der Waals surface area contributed by atoms with Gasteiger partial charge in [0.2, 0.25) is 5.91 Å². The Morgan fingerprint density at radius 1 is 0.875 bits per heavy atom. The van der Waals surface area contributed by atoms with E-state index in [4.69, 9.17) is 0 Å². The average Bonchev–Trinajstić information content (AvgIpc) is 3.62. The zero-order valence-electron chi connectivity index (χ0n) is 21.7. The number of piperidine rings is 1. The third-order valence-corrected chi connectivity index (χ3v) is 7.50. The zero-order valence-corrected chi connectivity index (χ0v) is 21.7. The number of nitrogens with one attached hydrogen (secondary N) is 4. The standard InChI is InChI=1S/C30H27N9O/c40-28(9-18-1-5-31-6-2-18)36-22-10-20(13-33-15-22)21-11-24-29(38-39-30(24)35-14-21)26-12-23-25(16-34-17-27(23)37-26)19-3-7-32-8-4-19/h3-4,7-8,10-18,31,37H,1-2,5-6,9H2,(H,36,40)(H,35,38,39). The Morgan fingerprint density at radius 3 is 2.58 bits per heavy atom. The lowest BCUT2D eigenvalue weighted by atomic mass is 9.94. The van der Waals surface area contributed by atoms with Crippen molar-refractivity contribution in [3.8, 4) is 33.6 Å². The molecular formula is C30H27N9O. The number of H-pyrrole nitrogens is 2. The van der Waals surface area contributed by atoms with Crippen LogP contribution in [0.4, 0.5) is 5.69 Å². The van der Waals surface area contributed by atoms with Gasteiger partial charge in [0.05, 0.1) is 35.0 Å². The van der Waals surface area contributed by atoms with Gasteiger partial charge in [-0.3, -0.25) is 24.8 Å². The third-order valence-electron chi connectivity index (χ3n) is 7.50. The molecule has 0 radical (unpaired) electrons. The quantitative estimate of drug-likeness (QED) is 0.239. The van der Waals surface area contributed by atoms with E-state index >= 15 is 0 Å². The lowest BCUT2D eigenvalue weighted by Crippen LogP contribution is -2.30. The highest BCUT2D eigenvalue weighted by molar-refractivity contribution is 6.00. The minimum atomic E-state index is 0.0241. The first-order valence-corrected chi connectivity index (χ1v) is 13.4. The number of aromatic amines is 2. The SMILES string of the molecule is O=C(CC1CCNCC1)Nc1cncc(-c2cnc3n[nH]c(-c4cc5c(-c6ccncc6)cncc5[nH]4)c3c2)c1. The second kappa shape index (κ2) is 10.3. The van der Waals surface area contributed by atoms with E-state index in [2.05, 4.69) is 51.8 Å². The van der Waals surface area contributed by atoms with E-state index in [1.165, 1.54) is 0 Å². The highest BCUT2D eigenvalue weighted by Gasteiger charge is 2.18. The molecule has 1 fully saturated rings. The van der Waals surface area contributed by atoms with Gasteiger partial charge in [-0.15, -0.1) is 0 Å². The van der Waals surface area contributed by atoms with Gasteiger partial charge in [-0.2, -0.15) is 5.10 Å². The smallest absolute Gasteiger partial charge is 0.224 e. The summed E-state index contributed by atoms with van der Waals surface area (Å²) in [6.07, 6.45) is 15.1. The van der Waals surface area contributed by atoms with Crippen LogP contribution in [0.3, 0.4) is 0 Å². The molecule has 0 spiro atoms. The van der Waals surface area contributed by atoms with Gasteiger partial charge in [0.1, 0.15) is 0 Å². The number of fused-ring (bicyclic) bond motifs is 2. The van der Waals surface area contributed by atoms with Crippen molar-refractivity contribution in [2.24, 2.45) is 5.92 Å². The summed E-state index contributed by atoms with van der Waals surface area (Å²) < 4.78 is 0. The van der Waals surface area contributed by atoms with Gasteiger partial charge in [-0.1, -0.05) is 0 Å². The molecule has 6 aromatic rings. The summed E-state index contributed by atoms with van der Waals surface area (Å²) in [5, 5.41) is 15.9. The number of pyridine rings is 4. The van der Waals surface area contributed by atoms with Crippen LogP contribution in [0.25, 0.3) is 55.6 Å². The predicted octanol–water partition coefficient (Wildman–Crippen LogP) is 4.95. The number of rotatable bonds is 6. The summed E-state index contributed by atoms with van der Waals surface area (Å²) in [7, 11) is 0. The largest absolute Gasteiger partial charge is 0.352 e. The summed E-state index contributed by atoms with van der Waals surface area (Å²) in [4.78, 5) is 33.7. The maximum absolute atomic E-state index is 12.7. The number of nitrogens with zero attached hydrogens (tertiary/aromatic N) is 5. The Balaban J connectivity index is 1.19. The molecule has 4 N–H and O–H groups in total. The van der Waals surface area contributed by atoms with Crippen molar-refractivity contribution in [1.82, 2.24) is 40.4 Å². The van der Waals surface area contributed by atoms with E-state index in [-0.39, 0.29) is 5.91 Å². The van der Waals surface area contributed by atoms with E-state index in [9.17, 15) is 4.79 Å². The normalized spacial score (nSPS) is 14.1. The third kappa shape index (κ3) is 4.69. The van der Waals surface area contributed by atoms with Crippen molar-refractivity contribution < 1.29 is 4.79 Å². The number of carbonyl (C=O) groups excluding carboxylic acids is 1. The van der Waals surface area contributed by atoms with Gasteiger partial charge in [0.15, 0.2) is 5.65 Å². The molecule has 7 rings (SSSR count). The molecule has 0 atom stereocenters. The molecule has 0 saturated carbocycles. The van der Waals surface area contributed by atoms with E-state index in [1.54, 1.807) is 31.0 Å². The van der Waals surface area contributed by atoms with Crippen LogP contribution < -0.4 is 10.6 Å². The van der Waals surface area contributed by atoms with Crippen LogP contribution in [-0.4, -0.2) is 54.1 Å². The molecule has 7 heterocycles. The number of aromatic nitrogens is 7. The number of hydrogen-bond acceptors (Lipinski definition) is 7. The van der Waals surface area contributed by atoms with Crippen LogP contribution in [0.5, 0.6) is 0 Å². The number of amides is 1. The fourth-order valence-corrected chi connectivity index (χ4v) is 5.44. The Labute approximate surface area is 229 Å². The molecule has 6 aromatic heterocycles. The second-order valence-corrected chi connectivity index (χ2v) is 10.2. The molecule has 1 amide bonds. The Hall–Kier alpha value is -4.96. The molecule has 0 unspecified atom stereocenters. The molecule has 0 bridgehead atoms. The number of anilines is 1. The lowest BCUT2D eigenvalue weighted by Gasteiger charge is -2.21. The molecule has 198 valence electrons. The van der Waals surface area contributed by atoms with Gasteiger partial charge in [-0.25, -0.2) is 4.98 Å². The Kier molecular flexibility index (Phi) is 6.21. The van der Waals surface area contributed by atoms with Crippen molar-refractivity contribution in [2.45, 2.75) is 19.3 Å². The fraction of sp³-hybridized carbons (Fsp3) is 0.200. The first kappa shape index (κ1) is 24.1. The molecule has 0 aromatic carbocycles. The molecule has 1 saturated heterocycles. The summed E-state index contributed by atoms with van der Waals surface area (Å²) in [5.41, 5.74) is 7.75. The molecule has 1 aliphatic rings. The molecule has 40 heavy (non-hydrogen) atoms. The maximum atomic E-state index is 12.7. The molecule has 0 aliphatic carbocycles. The van der Waals surface area contributed by atoms with Gasteiger partial charge in [0.25, 0.3) is 0 Å². The maximum Gasteiger partial charge on any atom is 0.224 e. The van der Waals surface area contributed by atoms with E-state index in [0.29, 0.717) is 23.7 Å². The minimum absolute atomic E-state index is 0.0241.